The van der Waals surface area contributed by atoms with Crippen LogP contribution >= 0.6 is 11.6 Å². The summed E-state index contributed by atoms with van der Waals surface area (Å²) >= 11 is 6.06. The Bertz CT molecular complexity index is 412. The molecule has 0 N–H and O–H groups in total. The molecule has 0 fully saturated rings. The van der Waals surface area contributed by atoms with Crippen LogP contribution in [0.25, 0.3) is 0 Å². The number of nitrogens with zero attached hydrogens (tertiary/aromatic N) is 1. The molecule has 0 spiro atoms. The summed E-state index contributed by atoms with van der Waals surface area (Å²) in [4.78, 5) is 0. The Morgan fingerprint density at radius 1 is 0.929 bits per heavy atom. The van der Waals surface area contributed by atoms with Crippen LogP contribution in [0.3, 0.4) is 0 Å². The van der Waals surface area contributed by atoms with Crippen molar-refractivity contribution in [1.29, 1.82) is 0 Å². The Hall–Kier alpha value is -1.34. The maximum Gasteiger partial charge on any atom is 0.175 e. The van der Waals surface area contributed by atoms with Crippen LogP contribution in [0.1, 0.15) is 5.56 Å². The SMILES string of the molecule is Clc1ccccc1C[n+]1ccccc1. The molecule has 70 valence electrons. The molecule has 2 rings (SSSR count). The summed E-state index contributed by atoms with van der Waals surface area (Å²) in [6.07, 6.45) is 4.06. The summed E-state index contributed by atoms with van der Waals surface area (Å²) in [7, 11) is 0. The zero-order chi connectivity index (χ0) is 9.80. The number of benzene rings is 1. The topological polar surface area (TPSA) is 3.88 Å². The summed E-state index contributed by atoms with van der Waals surface area (Å²) in [6.45, 7) is 0.820. The fourth-order valence-corrected chi connectivity index (χ4v) is 1.56. The van der Waals surface area contributed by atoms with Crippen LogP contribution in [-0.4, -0.2) is 0 Å². The van der Waals surface area contributed by atoms with Crippen LogP contribution in [0.2, 0.25) is 5.02 Å². The molecule has 1 nitrogen and oxygen atoms in total. The Morgan fingerprint density at radius 3 is 2.36 bits per heavy atom. The predicted octanol–water partition coefficient (Wildman–Crippen LogP) is 2.68. The Balaban J connectivity index is 2.24. The molecule has 0 aliphatic rings. The molecular weight excluding hydrogens is 194 g/mol. The first kappa shape index (κ1) is 9.22. The van der Waals surface area contributed by atoms with Gasteiger partial charge in [0.05, 0.1) is 5.02 Å². The molecule has 0 saturated heterocycles. The van der Waals surface area contributed by atoms with Crippen molar-refractivity contribution in [3.05, 3.63) is 65.4 Å². The van der Waals surface area contributed by atoms with Crippen LogP contribution in [0.4, 0.5) is 0 Å². The van der Waals surface area contributed by atoms with E-state index in [-0.39, 0.29) is 0 Å². The van der Waals surface area contributed by atoms with Gasteiger partial charge in [0.2, 0.25) is 0 Å². The second-order valence-electron chi connectivity index (χ2n) is 3.14. The lowest BCUT2D eigenvalue weighted by Gasteiger charge is -1.99. The highest BCUT2D eigenvalue weighted by Gasteiger charge is 2.04. The van der Waals surface area contributed by atoms with Crippen molar-refractivity contribution < 1.29 is 4.57 Å². The maximum atomic E-state index is 6.06. The van der Waals surface area contributed by atoms with Gasteiger partial charge in [0.1, 0.15) is 0 Å². The van der Waals surface area contributed by atoms with Gasteiger partial charge in [-0.1, -0.05) is 35.9 Å². The maximum absolute atomic E-state index is 6.06. The van der Waals surface area contributed by atoms with Crippen molar-refractivity contribution in [2.75, 3.05) is 0 Å². The molecule has 1 aromatic carbocycles. The van der Waals surface area contributed by atoms with Crippen LogP contribution in [0, 0.1) is 0 Å². The lowest BCUT2D eigenvalue weighted by atomic mass is 10.2. The van der Waals surface area contributed by atoms with Gasteiger partial charge >= 0.3 is 0 Å². The van der Waals surface area contributed by atoms with Gasteiger partial charge in [-0.25, -0.2) is 4.57 Å². The van der Waals surface area contributed by atoms with E-state index >= 15 is 0 Å². The van der Waals surface area contributed by atoms with Gasteiger partial charge < -0.3 is 0 Å². The number of aromatic nitrogens is 1. The third kappa shape index (κ3) is 2.12. The Labute approximate surface area is 88.6 Å². The number of halogens is 1. The lowest BCUT2D eigenvalue weighted by Crippen LogP contribution is -2.32. The van der Waals surface area contributed by atoms with E-state index in [9.17, 15) is 0 Å². The van der Waals surface area contributed by atoms with E-state index in [1.54, 1.807) is 0 Å². The summed E-state index contributed by atoms with van der Waals surface area (Å²) in [5, 5.41) is 0.823. The minimum atomic E-state index is 0.820. The monoisotopic (exact) mass is 204 g/mol. The predicted molar refractivity (Wildman–Crippen MR) is 57.2 cm³/mol. The quantitative estimate of drug-likeness (QED) is 0.663. The van der Waals surface area contributed by atoms with Crippen LogP contribution < -0.4 is 4.57 Å². The molecule has 0 unspecified atom stereocenters. The van der Waals surface area contributed by atoms with E-state index in [2.05, 4.69) is 4.57 Å². The highest BCUT2D eigenvalue weighted by molar-refractivity contribution is 6.31. The molecule has 2 heteroatoms. The van der Waals surface area contributed by atoms with Gasteiger partial charge in [-0.05, 0) is 6.07 Å². The fourth-order valence-electron chi connectivity index (χ4n) is 1.36. The molecular formula is C12H11ClN+. The molecule has 0 aliphatic carbocycles. The zero-order valence-corrected chi connectivity index (χ0v) is 8.48. The molecule has 0 atom stereocenters. The van der Waals surface area contributed by atoms with Gasteiger partial charge in [0, 0.05) is 17.7 Å². The highest BCUT2D eigenvalue weighted by Crippen LogP contribution is 2.13. The van der Waals surface area contributed by atoms with E-state index in [1.165, 1.54) is 0 Å². The number of hydrogen-bond acceptors (Lipinski definition) is 0. The average molecular weight is 205 g/mol. The molecule has 0 saturated carbocycles. The zero-order valence-electron chi connectivity index (χ0n) is 7.73. The highest BCUT2D eigenvalue weighted by atomic mass is 35.5. The first-order valence-corrected chi connectivity index (χ1v) is 4.91. The minimum Gasteiger partial charge on any atom is -0.201 e. The van der Waals surface area contributed by atoms with E-state index in [1.807, 2.05) is 54.9 Å². The van der Waals surface area contributed by atoms with Crippen molar-refractivity contribution >= 4 is 11.6 Å². The summed E-state index contributed by atoms with van der Waals surface area (Å²) in [5.41, 5.74) is 1.14. The third-order valence-corrected chi connectivity index (χ3v) is 2.46. The molecule has 0 aliphatic heterocycles. The first-order chi connectivity index (χ1) is 6.86. The van der Waals surface area contributed by atoms with Crippen molar-refractivity contribution in [1.82, 2.24) is 0 Å². The summed E-state index contributed by atoms with van der Waals surface area (Å²) in [5.74, 6) is 0. The summed E-state index contributed by atoms with van der Waals surface area (Å²) < 4.78 is 2.10. The van der Waals surface area contributed by atoms with Crippen molar-refractivity contribution in [3.63, 3.8) is 0 Å². The molecule has 14 heavy (non-hydrogen) atoms. The molecule has 0 radical (unpaired) electrons. The summed E-state index contributed by atoms with van der Waals surface area (Å²) in [6, 6.07) is 13.9. The molecule has 2 aromatic rings. The smallest absolute Gasteiger partial charge is 0.175 e. The second-order valence-corrected chi connectivity index (χ2v) is 3.55. The number of hydrogen-bond donors (Lipinski definition) is 0. The fraction of sp³-hybridized carbons (Fsp3) is 0.0833. The van der Waals surface area contributed by atoms with E-state index in [0.717, 1.165) is 17.1 Å². The minimum absolute atomic E-state index is 0.820. The molecule has 0 bridgehead atoms. The van der Waals surface area contributed by atoms with Gasteiger partial charge in [0.25, 0.3) is 0 Å². The number of rotatable bonds is 2. The average Bonchev–Trinajstić information content (AvgIpc) is 2.23. The molecule has 1 aromatic heterocycles. The van der Waals surface area contributed by atoms with Gasteiger partial charge in [-0.15, -0.1) is 0 Å². The largest absolute Gasteiger partial charge is 0.201 e. The number of pyridine rings is 1. The normalized spacial score (nSPS) is 10.1. The van der Waals surface area contributed by atoms with Gasteiger partial charge in [-0.3, -0.25) is 0 Å². The molecule has 0 amide bonds. The van der Waals surface area contributed by atoms with Crippen LogP contribution in [-0.2, 0) is 6.54 Å². The van der Waals surface area contributed by atoms with Crippen molar-refractivity contribution in [2.24, 2.45) is 0 Å². The van der Waals surface area contributed by atoms with E-state index < -0.39 is 0 Å². The standard InChI is InChI=1S/C12H11ClN/c13-12-7-3-2-6-11(12)10-14-8-4-1-5-9-14/h1-9H,10H2/q+1. The van der Waals surface area contributed by atoms with E-state index in [0.29, 0.717) is 0 Å². The van der Waals surface area contributed by atoms with Gasteiger partial charge in [0.15, 0.2) is 18.9 Å². The van der Waals surface area contributed by atoms with Crippen LogP contribution in [0.5, 0.6) is 0 Å². The Kier molecular flexibility index (Phi) is 2.80. The van der Waals surface area contributed by atoms with Crippen molar-refractivity contribution in [2.45, 2.75) is 6.54 Å². The first-order valence-electron chi connectivity index (χ1n) is 4.54. The third-order valence-electron chi connectivity index (χ3n) is 2.09. The lowest BCUT2D eigenvalue weighted by molar-refractivity contribution is -0.688. The van der Waals surface area contributed by atoms with Crippen molar-refractivity contribution in [3.8, 4) is 0 Å². The van der Waals surface area contributed by atoms with Crippen LogP contribution in [0.15, 0.2) is 54.9 Å². The van der Waals surface area contributed by atoms with E-state index in [4.69, 9.17) is 11.6 Å². The molecule has 1 heterocycles. The Morgan fingerprint density at radius 2 is 1.64 bits per heavy atom. The van der Waals surface area contributed by atoms with Gasteiger partial charge in [-0.2, -0.15) is 0 Å². The second kappa shape index (κ2) is 4.25.